The fourth-order valence-corrected chi connectivity index (χ4v) is 1.99. The molecule has 6 heteroatoms. The molecular weight excluding hydrogens is 296 g/mol. The number of rotatable bonds is 4. The van der Waals surface area contributed by atoms with Crippen molar-refractivity contribution in [1.82, 2.24) is 5.32 Å². The number of phenolic OH excluding ortho intramolecular Hbond substituents is 2. The van der Waals surface area contributed by atoms with Crippen molar-refractivity contribution in [2.45, 2.75) is 13.3 Å². The van der Waals surface area contributed by atoms with E-state index in [9.17, 15) is 19.8 Å². The standard InChI is InChI=1S/C17H18N2O4/c1-11-2-7-14(15(21)10-11)19-17(23)16(22)18-9-8-12-3-5-13(20)6-4-12/h2-7,10,20-21H,8-9H2,1H3,(H,18,22)(H,19,23). The zero-order chi connectivity index (χ0) is 16.8. The Kier molecular flexibility index (Phi) is 5.19. The molecule has 4 N–H and O–H groups in total. The molecule has 23 heavy (non-hydrogen) atoms. The molecule has 0 heterocycles. The zero-order valence-corrected chi connectivity index (χ0v) is 12.7. The smallest absolute Gasteiger partial charge is 0.313 e. The second-order valence-electron chi connectivity index (χ2n) is 5.15. The molecule has 0 aliphatic heterocycles. The van der Waals surface area contributed by atoms with Crippen LogP contribution in [0, 0.1) is 6.92 Å². The number of hydrogen-bond acceptors (Lipinski definition) is 4. The molecule has 0 aliphatic carbocycles. The fourth-order valence-electron chi connectivity index (χ4n) is 1.99. The maximum absolute atomic E-state index is 11.8. The summed E-state index contributed by atoms with van der Waals surface area (Å²) in [7, 11) is 0. The van der Waals surface area contributed by atoms with E-state index in [-0.39, 0.29) is 23.7 Å². The highest BCUT2D eigenvalue weighted by atomic mass is 16.3. The van der Waals surface area contributed by atoms with Crippen molar-refractivity contribution in [3.63, 3.8) is 0 Å². The summed E-state index contributed by atoms with van der Waals surface area (Å²) in [5, 5.41) is 23.7. The van der Waals surface area contributed by atoms with E-state index in [1.807, 2.05) is 0 Å². The normalized spacial score (nSPS) is 10.1. The van der Waals surface area contributed by atoms with Gasteiger partial charge < -0.3 is 20.8 Å². The van der Waals surface area contributed by atoms with Crippen LogP contribution in [0.5, 0.6) is 11.5 Å². The summed E-state index contributed by atoms with van der Waals surface area (Å²) in [6, 6.07) is 11.4. The Hall–Kier alpha value is -3.02. The molecule has 0 aliphatic rings. The summed E-state index contributed by atoms with van der Waals surface area (Å²) < 4.78 is 0. The molecule has 0 aromatic heterocycles. The van der Waals surface area contributed by atoms with E-state index in [4.69, 9.17) is 0 Å². The lowest BCUT2D eigenvalue weighted by atomic mass is 10.1. The van der Waals surface area contributed by atoms with Gasteiger partial charge in [-0.05, 0) is 48.7 Å². The molecule has 0 radical (unpaired) electrons. The van der Waals surface area contributed by atoms with E-state index < -0.39 is 11.8 Å². The summed E-state index contributed by atoms with van der Waals surface area (Å²) in [6.45, 7) is 2.10. The second kappa shape index (κ2) is 7.31. The van der Waals surface area contributed by atoms with Crippen LogP contribution >= 0.6 is 0 Å². The first-order chi connectivity index (χ1) is 11.0. The molecule has 0 bridgehead atoms. The number of benzene rings is 2. The van der Waals surface area contributed by atoms with Crippen molar-refractivity contribution in [3.05, 3.63) is 53.6 Å². The van der Waals surface area contributed by atoms with Crippen molar-refractivity contribution in [2.24, 2.45) is 0 Å². The first-order valence-electron chi connectivity index (χ1n) is 7.12. The highest BCUT2D eigenvalue weighted by molar-refractivity contribution is 6.39. The van der Waals surface area contributed by atoms with Gasteiger partial charge in [-0.1, -0.05) is 18.2 Å². The Balaban J connectivity index is 1.83. The number of amides is 2. The van der Waals surface area contributed by atoms with Gasteiger partial charge >= 0.3 is 11.8 Å². The second-order valence-corrected chi connectivity index (χ2v) is 5.15. The van der Waals surface area contributed by atoms with Crippen LogP contribution in [0.1, 0.15) is 11.1 Å². The number of nitrogens with one attached hydrogen (secondary N) is 2. The third-order valence-electron chi connectivity index (χ3n) is 3.24. The van der Waals surface area contributed by atoms with Crippen LogP contribution in [0.25, 0.3) is 0 Å². The van der Waals surface area contributed by atoms with Gasteiger partial charge in [-0.15, -0.1) is 0 Å². The summed E-state index contributed by atoms with van der Waals surface area (Å²) in [5.74, 6) is -1.52. The summed E-state index contributed by atoms with van der Waals surface area (Å²) in [6.07, 6.45) is 0.537. The summed E-state index contributed by atoms with van der Waals surface area (Å²) in [5.41, 5.74) is 1.97. The monoisotopic (exact) mass is 314 g/mol. The van der Waals surface area contributed by atoms with Gasteiger partial charge in [0.2, 0.25) is 0 Å². The average molecular weight is 314 g/mol. The lowest BCUT2D eigenvalue weighted by Gasteiger charge is -2.08. The van der Waals surface area contributed by atoms with Crippen molar-refractivity contribution in [1.29, 1.82) is 0 Å². The van der Waals surface area contributed by atoms with Gasteiger partial charge in [0.05, 0.1) is 5.69 Å². The Morgan fingerprint density at radius 1 is 1.00 bits per heavy atom. The molecule has 2 aromatic carbocycles. The summed E-state index contributed by atoms with van der Waals surface area (Å²) >= 11 is 0. The van der Waals surface area contributed by atoms with Crippen LogP contribution in [0.2, 0.25) is 0 Å². The quantitative estimate of drug-likeness (QED) is 0.510. The minimum atomic E-state index is -0.838. The summed E-state index contributed by atoms with van der Waals surface area (Å²) in [4.78, 5) is 23.5. The lowest BCUT2D eigenvalue weighted by Crippen LogP contribution is -2.36. The predicted octanol–water partition coefficient (Wildman–Crippen LogP) is 1.70. The third-order valence-corrected chi connectivity index (χ3v) is 3.24. The molecular formula is C17H18N2O4. The van der Waals surface area contributed by atoms with E-state index in [0.717, 1.165) is 11.1 Å². The SMILES string of the molecule is Cc1ccc(NC(=O)C(=O)NCCc2ccc(O)cc2)c(O)c1. The predicted molar refractivity (Wildman–Crippen MR) is 86.3 cm³/mol. The average Bonchev–Trinajstić information content (AvgIpc) is 2.51. The highest BCUT2D eigenvalue weighted by Gasteiger charge is 2.14. The van der Waals surface area contributed by atoms with E-state index in [2.05, 4.69) is 10.6 Å². The number of anilines is 1. The van der Waals surface area contributed by atoms with Crippen LogP contribution in [0.15, 0.2) is 42.5 Å². The van der Waals surface area contributed by atoms with Crippen LogP contribution in [-0.4, -0.2) is 28.6 Å². The van der Waals surface area contributed by atoms with E-state index in [1.165, 1.54) is 12.1 Å². The number of carbonyl (C=O) groups is 2. The highest BCUT2D eigenvalue weighted by Crippen LogP contribution is 2.23. The van der Waals surface area contributed by atoms with Crippen molar-refractivity contribution >= 4 is 17.5 Å². The minimum absolute atomic E-state index is 0.0877. The number of aromatic hydroxyl groups is 2. The molecule has 0 atom stereocenters. The Bertz CT molecular complexity index is 711. The first-order valence-corrected chi connectivity index (χ1v) is 7.12. The number of carbonyl (C=O) groups excluding carboxylic acids is 2. The van der Waals surface area contributed by atoms with E-state index >= 15 is 0 Å². The Morgan fingerprint density at radius 3 is 2.35 bits per heavy atom. The van der Waals surface area contributed by atoms with Gasteiger partial charge in [0.1, 0.15) is 11.5 Å². The Morgan fingerprint density at radius 2 is 1.70 bits per heavy atom. The molecule has 0 unspecified atom stereocenters. The third kappa shape index (κ3) is 4.74. The van der Waals surface area contributed by atoms with Crippen molar-refractivity contribution < 1.29 is 19.8 Å². The number of aryl methyl sites for hydroxylation is 1. The van der Waals surface area contributed by atoms with Crippen LogP contribution < -0.4 is 10.6 Å². The van der Waals surface area contributed by atoms with Crippen LogP contribution in [-0.2, 0) is 16.0 Å². The molecule has 6 nitrogen and oxygen atoms in total. The molecule has 120 valence electrons. The van der Waals surface area contributed by atoms with Gasteiger partial charge in [-0.2, -0.15) is 0 Å². The van der Waals surface area contributed by atoms with Crippen LogP contribution in [0.3, 0.4) is 0 Å². The number of hydrogen-bond donors (Lipinski definition) is 4. The minimum Gasteiger partial charge on any atom is -0.508 e. The van der Waals surface area contributed by atoms with Gasteiger partial charge in [-0.3, -0.25) is 9.59 Å². The van der Waals surface area contributed by atoms with Gasteiger partial charge in [0.15, 0.2) is 0 Å². The van der Waals surface area contributed by atoms with Gasteiger partial charge in [-0.25, -0.2) is 0 Å². The van der Waals surface area contributed by atoms with Crippen molar-refractivity contribution in [3.8, 4) is 11.5 Å². The first kappa shape index (κ1) is 16.4. The van der Waals surface area contributed by atoms with Crippen molar-refractivity contribution in [2.75, 3.05) is 11.9 Å². The molecule has 2 rings (SSSR count). The topological polar surface area (TPSA) is 98.7 Å². The Labute approximate surface area is 133 Å². The molecule has 0 fully saturated rings. The fraction of sp³-hybridized carbons (Fsp3) is 0.176. The van der Waals surface area contributed by atoms with E-state index in [1.54, 1.807) is 37.3 Å². The van der Waals surface area contributed by atoms with E-state index in [0.29, 0.717) is 6.42 Å². The molecule has 0 saturated heterocycles. The van der Waals surface area contributed by atoms with Gasteiger partial charge in [0, 0.05) is 6.54 Å². The molecule has 0 saturated carbocycles. The maximum atomic E-state index is 11.8. The lowest BCUT2D eigenvalue weighted by molar-refractivity contribution is -0.136. The number of phenols is 2. The molecule has 2 amide bonds. The largest absolute Gasteiger partial charge is 0.508 e. The molecule has 2 aromatic rings. The molecule has 0 spiro atoms. The maximum Gasteiger partial charge on any atom is 0.313 e. The van der Waals surface area contributed by atoms with Crippen LogP contribution in [0.4, 0.5) is 5.69 Å². The zero-order valence-electron chi connectivity index (χ0n) is 12.7. The van der Waals surface area contributed by atoms with Gasteiger partial charge in [0.25, 0.3) is 0 Å².